The van der Waals surface area contributed by atoms with Crippen molar-refractivity contribution in [1.82, 2.24) is 0 Å². The summed E-state index contributed by atoms with van der Waals surface area (Å²) in [6, 6.07) is 0. The van der Waals surface area contributed by atoms with Crippen molar-refractivity contribution in [2.45, 2.75) is 36.6 Å². The first-order valence-corrected chi connectivity index (χ1v) is 6.73. The number of aliphatic hydroxyl groups is 6. The maximum atomic E-state index is 9.63. The minimum Gasteiger partial charge on any atom is -0.547 e. The molecule has 0 rings (SSSR count). The Balaban J connectivity index is -0.0000000792. The van der Waals surface area contributed by atoms with Crippen molar-refractivity contribution in [3.8, 4) is 0 Å². The normalized spacial score (nSPS) is 14.4. The zero-order valence-electron chi connectivity index (χ0n) is 16.3. The number of aliphatic carboxylic acids is 6. The Labute approximate surface area is 264 Å². The molecule has 0 aromatic carbocycles. The molecule has 6 N–H and O–H groups in total. The van der Waals surface area contributed by atoms with Crippen molar-refractivity contribution in [2.75, 3.05) is 0 Å². The zero-order valence-corrected chi connectivity index (χ0v) is 22.9. The predicted octanol–water partition coefficient (Wildman–Crippen LogP) is -18.1. The van der Waals surface area contributed by atoms with E-state index in [2.05, 4.69) is 0 Å². The summed E-state index contributed by atoms with van der Waals surface area (Å²) in [5.41, 5.74) is 0. The summed E-state index contributed by atoms with van der Waals surface area (Å²) in [5.74, 6) is -12.4. The number of rotatable bonds is 9. The minimum absolute atomic E-state index is 0. The molecule has 0 spiro atoms. The van der Waals surface area contributed by atoms with E-state index >= 15 is 0 Å². The molecule has 0 heterocycles. The summed E-state index contributed by atoms with van der Waals surface area (Å²) in [6.45, 7) is 0. The molecule has 0 saturated carbocycles. The molecule has 0 aromatic heterocycles. The van der Waals surface area contributed by atoms with Crippen LogP contribution in [0.1, 0.15) is 0 Å². The molecule has 33 heavy (non-hydrogen) atoms. The zero-order chi connectivity index (χ0) is 24.9. The van der Waals surface area contributed by atoms with Gasteiger partial charge in [-0.1, -0.05) is 0 Å². The molecular formula is C12H12BKO18Sr. The summed E-state index contributed by atoms with van der Waals surface area (Å²) in [4.78, 5) is 57.8. The van der Waals surface area contributed by atoms with E-state index < -0.39 is 72.4 Å². The van der Waals surface area contributed by atoms with Gasteiger partial charge in [0, 0.05) is 0 Å². The van der Waals surface area contributed by atoms with Gasteiger partial charge in [0.05, 0.1) is 35.8 Å². The molecule has 0 amide bonds. The van der Waals surface area contributed by atoms with Crippen LogP contribution in [0.5, 0.6) is 0 Å². The Kier molecular flexibility index (Phi) is 32.9. The molecule has 0 aliphatic carbocycles. The van der Waals surface area contributed by atoms with Crippen LogP contribution in [-0.4, -0.2) is 157 Å². The third-order valence-electron chi connectivity index (χ3n) is 2.35. The summed E-state index contributed by atoms with van der Waals surface area (Å²) in [5, 5.41) is 107. The van der Waals surface area contributed by atoms with E-state index in [1.54, 1.807) is 0 Å². The van der Waals surface area contributed by atoms with E-state index in [0.717, 1.165) is 0 Å². The Morgan fingerprint density at radius 2 is 0.455 bits per heavy atom. The fourth-order valence-corrected chi connectivity index (χ4v) is 0.773. The third-order valence-corrected chi connectivity index (χ3v) is 2.35. The van der Waals surface area contributed by atoms with Crippen molar-refractivity contribution in [1.29, 1.82) is 0 Å². The summed E-state index contributed by atoms with van der Waals surface area (Å²) in [7, 11) is 0. The van der Waals surface area contributed by atoms with Crippen LogP contribution < -0.4 is 82.0 Å². The van der Waals surface area contributed by atoms with Gasteiger partial charge in [-0.25, -0.2) is 0 Å². The first-order chi connectivity index (χ1) is 13.4. The van der Waals surface area contributed by atoms with Crippen LogP contribution in [0.3, 0.4) is 0 Å². The van der Waals surface area contributed by atoms with Gasteiger partial charge >= 0.3 is 105 Å². The Hall–Kier alpha value is -0.238. The number of aliphatic hydroxyl groups excluding tert-OH is 6. The molecule has 0 saturated heterocycles. The Morgan fingerprint density at radius 1 is 0.394 bits per heavy atom. The van der Waals surface area contributed by atoms with Crippen molar-refractivity contribution < 1.29 is 141 Å². The van der Waals surface area contributed by atoms with Crippen molar-refractivity contribution in [2.24, 2.45) is 0 Å². The predicted molar refractivity (Wildman–Crippen MR) is 77.6 cm³/mol. The van der Waals surface area contributed by atoms with Crippen LogP contribution in [0, 0.1) is 0 Å². The molecule has 21 heteroatoms. The Bertz CT molecular complexity index is 506. The average molecular weight is 582 g/mol. The van der Waals surface area contributed by atoms with Gasteiger partial charge in [0.1, 0.15) is 36.6 Å². The molecule has 6 unspecified atom stereocenters. The van der Waals surface area contributed by atoms with Gasteiger partial charge < -0.3 is 90.0 Å². The standard InChI is InChI=1S/3C4H6O6.B.K.Sr/c3*5-1(3(7)8)2(6)4(9)10;;;/h3*1-2,5-6H,(H,7,8)(H,9,10);;;/q;;;+3;+1;+2/p-6. The van der Waals surface area contributed by atoms with Gasteiger partial charge in [-0.2, -0.15) is 0 Å². The van der Waals surface area contributed by atoms with Gasteiger partial charge in [-0.15, -0.1) is 0 Å². The fraction of sp³-hybridized carbons (Fsp3) is 0.500. The third kappa shape index (κ3) is 22.0. The summed E-state index contributed by atoms with van der Waals surface area (Å²) < 4.78 is 0. The molecule has 0 aliphatic heterocycles. The largest absolute Gasteiger partial charge is 3.00 e. The quantitative estimate of drug-likeness (QED) is 0.137. The molecule has 6 atom stereocenters. The number of carboxylic acid groups (broad SMARTS) is 6. The molecule has 0 aliphatic rings. The first kappa shape index (κ1) is 46.1. The second-order valence-corrected chi connectivity index (χ2v) is 4.58. The van der Waals surface area contributed by atoms with Crippen molar-refractivity contribution >= 4 is 89.7 Å². The Morgan fingerprint density at radius 3 is 0.485 bits per heavy atom. The van der Waals surface area contributed by atoms with E-state index in [1.807, 2.05) is 0 Å². The molecule has 0 fully saturated rings. The van der Waals surface area contributed by atoms with Gasteiger partial charge in [0.25, 0.3) is 0 Å². The SMILES string of the molecule is O=C([O-])C(O)C(O)C(=O)[O-].O=C([O-])C(O)C(O)C(=O)[O-].O=C([O-])C(O)C(O)C(=O)[O-].[B+3].[K+].[Sr+2]. The minimum atomic E-state index is -2.44. The first-order valence-electron chi connectivity index (χ1n) is 6.73. The summed E-state index contributed by atoms with van der Waals surface area (Å²) >= 11 is 0. The number of carbonyl (C=O) groups excluding carboxylic acids is 6. The average Bonchev–Trinajstić information content (AvgIpc) is 2.64. The number of hydrogen-bond donors (Lipinski definition) is 6. The molecule has 0 radical (unpaired) electrons. The van der Waals surface area contributed by atoms with E-state index in [9.17, 15) is 59.4 Å². The van der Waals surface area contributed by atoms with Crippen LogP contribution in [-0.2, 0) is 28.8 Å². The number of carboxylic acids is 6. The van der Waals surface area contributed by atoms with Gasteiger partial charge in [-0.3, -0.25) is 0 Å². The van der Waals surface area contributed by atoms with Gasteiger partial charge in [0.2, 0.25) is 0 Å². The molecule has 18 nitrogen and oxygen atoms in total. The van der Waals surface area contributed by atoms with E-state index in [1.165, 1.54) is 0 Å². The van der Waals surface area contributed by atoms with Crippen LogP contribution in [0.2, 0.25) is 0 Å². The molecular weight excluding hydrogens is 570 g/mol. The molecule has 174 valence electrons. The van der Waals surface area contributed by atoms with Gasteiger partial charge in [-0.05, 0) is 0 Å². The maximum Gasteiger partial charge on any atom is 3.00 e. The topological polar surface area (TPSA) is 362 Å². The number of carbonyl (C=O) groups is 6. The summed E-state index contributed by atoms with van der Waals surface area (Å²) in [6.07, 6.45) is -14.6. The monoisotopic (exact) mass is 582 g/mol. The van der Waals surface area contributed by atoms with Crippen LogP contribution in [0.15, 0.2) is 0 Å². The number of hydrogen-bond acceptors (Lipinski definition) is 18. The molecule has 0 bridgehead atoms. The molecule has 0 aromatic rings. The van der Waals surface area contributed by atoms with Crippen LogP contribution in [0.25, 0.3) is 0 Å². The van der Waals surface area contributed by atoms with E-state index in [0.29, 0.717) is 0 Å². The fourth-order valence-electron chi connectivity index (χ4n) is 0.773. The second-order valence-electron chi connectivity index (χ2n) is 4.58. The van der Waals surface area contributed by atoms with E-state index in [-0.39, 0.29) is 105 Å². The van der Waals surface area contributed by atoms with Crippen molar-refractivity contribution in [3.63, 3.8) is 0 Å². The second kappa shape index (κ2) is 23.5. The smallest absolute Gasteiger partial charge is 0.547 e. The van der Waals surface area contributed by atoms with E-state index in [4.69, 9.17) is 30.6 Å². The van der Waals surface area contributed by atoms with Crippen molar-refractivity contribution in [3.05, 3.63) is 0 Å². The van der Waals surface area contributed by atoms with Crippen LogP contribution in [0.4, 0.5) is 0 Å². The maximum absolute atomic E-state index is 9.63. The van der Waals surface area contributed by atoms with Crippen LogP contribution >= 0.6 is 0 Å². The van der Waals surface area contributed by atoms with Gasteiger partial charge in [0.15, 0.2) is 0 Å².